The monoisotopic (exact) mass is 298 g/mol. The molecule has 2 atom stereocenters. The summed E-state index contributed by atoms with van der Waals surface area (Å²) >= 11 is 5.85. The lowest BCUT2D eigenvalue weighted by Crippen LogP contribution is -2.35. The Morgan fingerprint density at radius 3 is 2.80 bits per heavy atom. The second kappa shape index (κ2) is 6.21. The third-order valence-electron chi connectivity index (χ3n) is 3.21. The lowest BCUT2D eigenvalue weighted by molar-refractivity contribution is -0.118. The van der Waals surface area contributed by atoms with Crippen molar-refractivity contribution in [1.82, 2.24) is 5.32 Å². The van der Waals surface area contributed by atoms with Gasteiger partial charge in [0.25, 0.3) is 0 Å². The number of benzene rings is 1. The fourth-order valence-electron chi connectivity index (χ4n) is 2.08. The number of carbonyl (C=O) groups excluding carboxylic acids is 1. The van der Waals surface area contributed by atoms with Gasteiger partial charge in [-0.3, -0.25) is 4.79 Å². The van der Waals surface area contributed by atoms with Gasteiger partial charge in [0.05, 0.1) is 22.7 Å². The van der Waals surface area contributed by atoms with E-state index in [0.29, 0.717) is 18.7 Å². The van der Waals surface area contributed by atoms with Crippen molar-refractivity contribution >= 4 is 29.2 Å². The SMILES string of the molecule is COC1CNC(C(=O)Nc2ccc(C(=O)O)c(Cl)c2)C1. The minimum absolute atomic E-state index is 0.00287. The Morgan fingerprint density at radius 1 is 1.50 bits per heavy atom. The summed E-state index contributed by atoms with van der Waals surface area (Å²) in [4.78, 5) is 22.9. The first-order chi connectivity index (χ1) is 9.51. The van der Waals surface area contributed by atoms with E-state index in [9.17, 15) is 9.59 Å². The molecule has 0 aliphatic carbocycles. The number of carboxylic acids is 1. The van der Waals surface area contributed by atoms with Crippen molar-refractivity contribution in [2.45, 2.75) is 18.6 Å². The van der Waals surface area contributed by atoms with Crippen LogP contribution >= 0.6 is 11.6 Å². The van der Waals surface area contributed by atoms with Crippen LogP contribution in [-0.2, 0) is 9.53 Å². The number of halogens is 1. The normalized spacial score (nSPS) is 21.7. The Labute approximate surface area is 121 Å². The molecular weight excluding hydrogens is 284 g/mol. The van der Waals surface area contributed by atoms with Crippen LogP contribution in [-0.4, -0.2) is 42.8 Å². The highest BCUT2D eigenvalue weighted by Crippen LogP contribution is 2.21. The van der Waals surface area contributed by atoms with Gasteiger partial charge in [-0.05, 0) is 24.6 Å². The van der Waals surface area contributed by atoms with Gasteiger partial charge in [-0.15, -0.1) is 0 Å². The number of amides is 1. The van der Waals surface area contributed by atoms with E-state index in [2.05, 4.69) is 10.6 Å². The number of hydrogen-bond donors (Lipinski definition) is 3. The standard InChI is InChI=1S/C13H15ClN2O4/c1-20-8-5-11(15-6-8)12(17)16-7-2-3-9(13(18)19)10(14)4-7/h2-4,8,11,15H,5-6H2,1H3,(H,16,17)(H,18,19). The molecule has 3 N–H and O–H groups in total. The molecule has 1 aliphatic heterocycles. The van der Waals surface area contributed by atoms with Gasteiger partial charge in [-0.1, -0.05) is 11.6 Å². The molecule has 2 rings (SSSR count). The maximum absolute atomic E-state index is 12.0. The van der Waals surface area contributed by atoms with E-state index >= 15 is 0 Å². The Kier molecular flexibility index (Phi) is 4.59. The molecule has 1 aromatic rings. The second-order valence-corrected chi connectivity index (χ2v) is 4.95. The van der Waals surface area contributed by atoms with Gasteiger partial charge in [-0.2, -0.15) is 0 Å². The lowest BCUT2D eigenvalue weighted by atomic mass is 10.1. The maximum Gasteiger partial charge on any atom is 0.337 e. The van der Waals surface area contributed by atoms with Gasteiger partial charge in [0.1, 0.15) is 0 Å². The molecule has 0 radical (unpaired) electrons. The summed E-state index contributed by atoms with van der Waals surface area (Å²) in [6, 6.07) is 3.97. The fraction of sp³-hybridized carbons (Fsp3) is 0.385. The average molecular weight is 299 g/mol. The van der Waals surface area contributed by atoms with Gasteiger partial charge >= 0.3 is 5.97 Å². The highest BCUT2D eigenvalue weighted by molar-refractivity contribution is 6.33. The molecule has 7 heteroatoms. The van der Waals surface area contributed by atoms with E-state index in [1.807, 2.05) is 0 Å². The van der Waals surface area contributed by atoms with E-state index in [1.54, 1.807) is 7.11 Å². The molecule has 1 amide bonds. The van der Waals surface area contributed by atoms with Gasteiger partial charge in [0.2, 0.25) is 5.91 Å². The van der Waals surface area contributed by atoms with Crippen LogP contribution in [0.5, 0.6) is 0 Å². The van der Waals surface area contributed by atoms with Crippen LogP contribution in [0.3, 0.4) is 0 Å². The van der Waals surface area contributed by atoms with Gasteiger partial charge in [-0.25, -0.2) is 4.79 Å². The molecule has 1 aromatic carbocycles. The van der Waals surface area contributed by atoms with Crippen molar-refractivity contribution in [1.29, 1.82) is 0 Å². The van der Waals surface area contributed by atoms with E-state index < -0.39 is 5.97 Å². The molecule has 1 fully saturated rings. The number of carbonyl (C=O) groups is 2. The van der Waals surface area contributed by atoms with E-state index in [4.69, 9.17) is 21.4 Å². The predicted molar refractivity (Wildman–Crippen MR) is 74.2 cm³/mol. The third kappa shape index (κ3) is 3.27. The number of aromatic carboxylic acids is 1. The van der Waals surface area contributed by atoms with Crippen molar-refractivity contribution in [3.8, 4) is 0 Å². The average Bonchev–Trinajstić information content (AvgIpc) is 2.87. The molecule has 1 heterocycles. The maximum atomic E-state index is 12.0. The van der Waals surface area contributed by atoms with Crippen LogP contribution < -0.4 is 10.6 Å². The Balaban J connectivity index is 2.02. The summed E-state index contributed by atoms with van der Waals surface area (Å²) in [5.74, 6) is -1.29. The number of carboxylic acid groups (broad SMARTS) is 1. The summed E-state index contributed by atoms with van der Waals surface area (Å²) in [7, 11) is 1.61. The van der Waals surface area contributed by atoms with Crippen LogP contribution in [0.1, 0.15) is 16.8 Å². The van der Waals surface area contributed by atoms with E-state index in [-0.39, 0.29) is 28.6 Å². The number of rotatable bonds is 4. The van der Waals surface area contributed by atoms with Crippen LogP contribution in [0.15, 0.2) is 18.2 Å². The molecule has 1 saturated heterocycles. The highest BCUT2D eigenvalue weighted by atomic mass is 35.5. The smallest absolute Gasteiger partial charge is 0.337 e. The second-order valence-electron chi connectivity index (χ2n) is 4.54. The van der Waals surface area contributed by atoms with Gasteiger partial charge in [0, 0.05) is 19.3 Å². The van der Waals surface area contributed by atoms with Gasteiger partial charge in [0.15, 0.2) is 0 Å². The molecule has 0 spiro atoms. The first-order valence-corrected chi connectivity index (χ1v) is 6.49. The Bertz CT molecular complexity index is 535. The Hall–Kier alpha value is -1.63. The van der Waals surface area contributed by atoms with Crippen molar-refractivity contribution in [2.24, 2.45) is 0 Å². The molecule has 0 aromatic heterocycles. The zero-order chi connectivity index (χ0) is 14.7. The molecule has 108 valence electrons. The largest absolute Gasteiger partial charge is 0.478 e. The zero-order valence-electron chi connectivity index (χ0n) is 10.9. The minimum Gasteiger partial charge on any atom is -0.478 e. The van der Waals surface area contributed by atoms with Crippen molar-refractivity contribution in [3.05, 3.63) is 28.8 Å². The Morgan fingerprint density at radius 2 is 2.25 bits per heavy atom. The number of ether oxygens (including phenoxy) is 1. The number of hydrogen-bond acceptors (Lipinski definition) is 4. The lowest BCUT2D eigenvalue weighted by Gasteiger charge is -2.12. The molecule has 1 aliphatic rings. The van der Waals surface area contributed by atoms with E-state index in [0.717, 1.165) is 0 Å². The molecule has 20 heavy (non-hydrogen) atoms. The molecule has 0 saturated carbocycles. The summed E-state index contributed by atoms with van der Waals surface area (Å²) in [5.41, 5.74) is 0.468. The summed E-state index contributed by atoms with van der Waals surface area (Å²) in [6.07, 6.45) is 0.632. The molecule has 0 bridgehead atoms. The quantitative estimate of drug-likeness (QED) is 0.781. The number of methoxy groups -OCH3 is 1. The van der Waals surface area contributed by atoms with E-state index in [1.165, 1.54) is 18.2 Å². The molecular formula is C13H15ClN2O4. The van der Waals surface area contributed by atoms with Crippen LogP contribution in [0.25, 0.3) is 0 Å². The minimum atomic E-state index is -1.10. The highest BCUT2D eigenvalue weighted by Gasteiger charge is 2.29. The first kappa shape index (κ1) is 14.8. The zero-order valence-corrected chi connectivity index (χ0v) is 11.6. The summed E-state index contributed by atoms with van der Waals surface area (Å²) in [5, 5.41) is 14.7. The van der Waals surface area contributed by atoms with Crippen LogP contribution in [0.4, 0.5) is 5.69 Å². The van der Waals surface area contributed by atoms with Crippen molar-refractivity contribution in [2.75, 3.05) is 19.0 Å². The fourth-order valence-corrected chi connectivity index (χ4v) is 2.34. The van der Waals surface area contributed by atoms with Crippen LogP contribution in [0.2, 0.25) is 5.02 Å². The number of anilines is 1. The van der Waals surface area contributed by atoms with Crippen molar-refractivity contribution < 1.29 is 19.4 Å². The number of nitrogens with one attached hydrogen (secondary N) is 2. The molecule has 6 nitrogen and oxygen atoms in total. The van der Waals surface area contributed by atoms with Gasteiger partial charge < -0.3 is 20.5 Å². The summed E-state index contributed by atoms with van der Waals surface area (Å²) < 4.78 is 5.17. The third-order valence-corrected chi connectivity index (χ3v) is 3.52. The van der Waals surface area contributed by atoms with Crippen LogP contribution in [0, 0.1) is 0 Å². The van der Waals surface area contributed by atoms with Crippen molar-refractivity contribution in [3.63, 3.8) is 0 Å². The summed E-state index contributed by atoms with van der Waals surface area (Å²) in [6.45, 7) is 0.632. The topological polar surface area (TPSA) is 87.7 Å². The molecule has 2 unspecified atom stereocenters. The predicted octanol–water partition coefficient (Wildman–Crippen LogP) is 1.35. The first-order valence-electron chi connectivity index (χ1n) is 6.11.